The monoisotopic (exact) mass is 484 g/mol. The second kappa shape index (κ2) is 11.4. The number of hydrogen-bond donors (Lipinski definition) is 4. The number of carbonyl (C=O) groups is 3. The maximum atomic E-state index is 12.8. The minimum atomic E-state index is -0.549. The Bertz CT molecular complexity index is 1340. The number of ether oxygens (including phenoxy) is 1. The second-order valence-corrected chi connectivity index (χ2v) is 7.65. The van der Waals surface area contributed by atoms with Crippen molar-refractivity contribution in [1.82, 2.24) is 20.5 Å². The van der Waals surface area contributed by atoms with E-state index in [0.717, 1.165) is 5.56 Å². The van der Waals surface area contributed by atoms with Gasteiger partial charge in [-0.1, -0.05) is 42.5 Å². The van der Waals surface area contributed by atoms with Crippen LogP contribution in [0.5, 0.6) is 0 Å². The third kappa shape index (κ3) is 6.11. The average molecular weight is 485 g/mol. The topological polar surface area (TPSA) is 138 Å². The van der Waals surface area contributed by atoms with Crippen LogP contribution < -0.4 is 16.0 Å². The van der Waals surface area contributed by atoms with Gasteiger partial charge in [0.2, 0.25) is 0 Å². The van der Waals surface area contributed by atoms with Crippen LogP contribution >= 0.6 is 0 Å². The first-order valence-corrected chi connectivity index (χ1v) is 11.2. The first-order valence-electron chi connectivity index (χ1n) is 11.2. The number of anilines is 2. The van der Waals surface area contributed by atoms with E-state index in [1.807, 2.05) is 30.3 Å². The van der Waals surface area contributed by atoms with Gasteiger partial charge < -0.3 is 20.7 Å². The number of nitrogens with zero attached hydrogens (tertiary/aromatic N) is 2. The number of nitrogens with one attached hydrogen (secondary N) is 4. The SMILES string of the molecule is CCOC(=O)c1cccc(NC(=O)c2cccc(NC(=O)NC(c3ccccc3)c3ncn[nH]3)c2)c1. The summed E-state index contributed by atoms with van der Waals surface area (Å²) in [7, 11) is 0. The van der Waals surface area contributed by atoms with Crippen LogP contribution in [-0.4, -0.2) is 39.7 Å². The van der Waals surface area contributed by atoms with Crippen LogP contribution in [0.1, 0.15) is 45.1 Å². The van der Waals surface area contributed by atoms with Crippen LogP contribution in [0, 0.1) is 0 Å². The molecule has 0 aliphatic carbocycles. The number of H-pyrrole nitrogens is 1. The van der Waals surface area contributed by atoms with Gasteiger partial charge >= 0.3 is 12.0 Å². The Kier molecular flexibility index (Phi) is 7.66. The van der Waals surface area contributed by atoms with Gasteiger partial charge in [0.05, 0.1) is 12.2 Å². The number of hydrogen-bond acceptors (Lipinski definition) is 6. The predicted octanol–water partition coefficient (Wildman–Crippen LogP) is 4.14. The number of aromatic amines is 1. The van der Waals surface area contributed by atoms with Gasteiger partial charge in [-0.25, -0.2) is 14.6 Å². The first-order chi connectivity index (χ1) is 17.5. The molecule has 0 radical (unpaired) electrons. The van der Waals surface area contributed by atoms with Crippen molar-refractivity contribution in [2.45, 2.75) is 13.0 Å². The summed E-state index contributed by atoms with van der Waals surface area (Å²) in [6, 6.07) is 21.3. The standard InChI is InChI=1S/C26H24N6O4/c1-2-36-25(34)19-11-7-12-20(15-19)29-24(33)18-10-6-13-21(14-18)30-26(35)31-22(23-27-16-28-32-23)17-8-4-3-5-9-17/h3-16,22H,2H2,1H3,(H,29,33)(H,27,28,32)(H2,30,31,35). The van der Waals surface area contributed by atoms with Gasteiger partial charge in [0.25, 0.3) is 5.91 Å². The summed E-state index contributed by atoms with van der Waals surface area (Å²) < 4.78 is 5.00. The Balaban J connectivity index is 1.43. The van der Waals surface area contributed by atoms with Crippen LogP contribution in [0.3, 0.4) is 0 Å². The summed E-state index contributed by atoms with van der Waals surface area (Å²) in [6.07, 6.45) is 1.37. The van der Waals surface area contributed by atoms with Gasteiger partial charge in [0, 0.05) is 16.9 Å². The number of aromatic nitrogens is 3. The van der Waals surface area contributed by atoms with E-state index in [2.05, 4.69) is 31.1 Å². The van der Waals surface area contributed by atoms with Gasteiger partial charge in [-0.2, -0.15) is 5.10 Å². The Morgan fingerprint density at radius 2 is 1.58 bits per heavy atom. The summed E-state index contributed by atoms with van der Waals surface area (Å²) in [5, 5.41) is 15.0. The number of carbonyl (C=O) groups excluding carboxylic acids is 3. The molecule has 1 heterocycles. The van der Waals surface area contributed by atoms with Crippen molar-refractivity contribution in [3.05, 3.63) is 108 Å². The molecule has 1 unspecified atom stereocenters. The Morgan fingerprint density at radius 1 is 0.889 bits per heavy atom. The number of urea groups is 1. The molecule has 10 nitrogen and oxygen atoms in total. The van der Waals surface area contributed by atoms with Gasteiger partial charge in [-0.05, 0) is 48.9 Å². The van der Waals surface area contributed by atoms with Crippen molar-refractivity contribution in [1.29, 1.82) is 0 Å². The molecule has 0 aliphatic rings. The molecular weight excluding hydrogens is 460 g/mol. The molecule has 36 heavy (non-hydrogen) atoms. The van der Waals surface area contributed by atoms with E-state index >= 15 is 0 Å². The lowest BCUT2D eigenvalue weighted by molar-refractivity contribution is 0.0526. The number of rotatable bonds is 8. The van der Waals surface area contributed by atoms with Gasteiger partial charge in [0.1, 0.15) is 12.4 Å². The summed E-state index contributed by atoms with van der Waals surface area (Å²) in [4.78, 5) is 41.7. The van der Waals surface area contributed by atoms with E-state index in [-0.39, 0.29) is 6.61 Å². The number of amides is 3. The smallest absolute Gasteiger partial charge is 0.338 e. The summed E-state index contributed by atoms with van der Waals surface area (Å²) in [5.41, 5.74) is 2.34. The minimum absolute atomic E-state index is 0.257. The number of benzene rings is 3. The number of esters is 1. The lowest BCUT2D eigenvalue weighted by atomic mass is 10.1. The highest BCUT2D eigenvalue weighted by atomic mass is 16.5. The van der Waals surface area contributed by atoms with E-state index in [1.54, 1.807) is 55.5 Å². The van der Waals surface area contributed by atoms with Crippen LogP contribution in [-0.2, 0) is 4.74 Å². The van der Waals surface area contributed by atoms with Crippen molar-refractivity contribution in [2.24, 2.45) is 0 Å². The van der Waals surface area contributed by atoms with Crippen molar-refractivity contribution in [3.63, 3.8) is 0 Å². The summed E-state index contributed by atoms with van der Waals surface area (Å²) in [6.45, 7) is 1.98. The highest BCUT2D eigenvalue weighted by Gasteiger charge is 2.20. The Hall–Kier alpha value is -4.99. The zero-order valence-electron chi connectivity index (χ0n) is 19.4. The van der Waals surface area contributed by atoms with Crippen LogP contribution in [0.25, 0.3) is 0 Å². The first kappa shape index (κ1) is 24.1. The zero-order chi connectivity index (χ0) is 25.3. The molecule has 0 fully saturated rings. The average Bonchev–Trinajstić information content (AvgIpc) is 3.43. The highest BCUT2D eigenvalue weighted by molar-refractivity contribution is 6.05. The van der Waals surface area contributed by atoms with Gasteiger partial charge in [0.15, 0.2) is 5.82 Å². The fourth-order valence-corrected chi connectivity index (χ4v) is 3.49. The summed E-state index contributed by atoms with van der Waals surface area (Å²) >= 11 is 0. The van der Waals surface area contributed by atoms with Crippen molar-refractivity contribution in [3.8, 4) is 0 Å². The van der Waals surface area contributed by atoms with Gasteiger partial charge in [-0.15, -0.1) is 0 Å². The molecule has 4 N–H and O–H groups in total. The molecule has 10 heteroatoms. The molecule has 0 bridgehead atoms. The molecule has 0 spiro atoms. The van der Waals surface area contributed by atoms with Crippen molar-refractivity contribution >= 4 is 29.3 Å². The Morgan fingerprint density at radius 3 is 2.28 bits per heavy atom. The molecule has 0 saturated heterocycles. The quantitative estimate of drug-likeness (QED) is 0.277. The van der Waals surface area contributed by atoms with E-state index in [4.69, 9.17) is 4.74 Å². The van der Waals surface area contributed by atoms with Crippen molar-refractivity contribution < 1.29 is 19.1 Å². The molecule has 1 aromatic heterocycles. The van der Waals surface area contributed by atoms with E-state index in [1.165, 1.54) is 6.33 Å². The highest BCUT2D eigenvalue weighted by Crippen LogP contribution is 2.19. The molecule has 0 aliphatic heterocycles. The predicted molar refractivity (Wildman–Crippen MR) is 134 cm³/mol. The van der Waals surface area contributed by atoms with Crippen LogP contribution in [0.4, 0.5) is 16.2 Å². The molecular formula is C26H24N6O4. The van der Waals surface area contributed by atoms with Crippen LogP contribution in [0.2, 0.25) is 0 Å². The Labute approximate surface area is 207 Å². The van der Waals surface area contributed by atoms with Crippen LogP contribution in [0.15, 0.2) is 85.2 Å². The fraction of sp³-hybridized carbons (Fsp3) is 0.115. The van der Waals surface area contributed by atoms with Gasteiger partial charge in [-0.3, -0.25) is 9.89 Å². The maximum absolute atomic E-state index is 12.8. The molecule has 182 valence electrons. The normalized spacial score (nSPS) is 11.2. The van der Waals surface area contributed by atoms with Crippen molar-refractivity contribution in [2.75, 3.05) is 17.2 Å². The molecule has 4 rings (SSSR count). The zero-order valence-corrected chi connectivity index (χ0v) is 19.4. The third-order valence-corrected chi connectivity index (χ3v) is 5.13. The second-order valence-electron chi connectivity index (χ2n) is 7.65. The lowest BCUT2D eigenvalue weighted by Gasteiger charge is -2.17. The molecule has 3 aromatic carbocycles. The van der Waals surface area contributed by atoms with E-state index in [9.17, 15) is 14.4 Å². The summed E-state index contributed by atoms with van der Waals surface area (Å²) in [5.74, 6) is -0.386. The molecule has 0 saturated carbocycles. The molecule has 4 aromatic rings. The molecule has 3 amide bonds. The van der Waals surface area contributed by atoms with E-state index in [0.29, 0.717) is 28.3 Å². The van der Waals surface area contributed by atoms with E-state index < -0.39 is 23.9 Å². The largest absolute Gasteiger partial charge is 0.462 e. The molecule has 1 atom stereocenters. The maximum Gasteiger partial charge on any atom is 0.338 e. The third-order valence-electron chi connectivity index (χ3n) is 5.13. The fourth-order valence-electron chi connectivity index (χ4n) is 3.49. The minimum Gasteiger partial charge on any atom is -0.462 e. The lowest BCUT2D eigenvalue weighted by Crippen LogP contribution is -2.33.